The summed E-state index contributed by atoms with van der Waals surface area (Å²) in [6.45, 7) is 0. The summed E-state index contributed by atoms with van der Waals surface area (Å²) in [5.74, 6) is 0. The molecule has 5 heteroatoms. The zero-order valence-corrected chi connectivity index (χ0v) is 6.93. The smallest absolute Gasteiger partial charge is 0.212 e. The van der Waals surface area contributed by atoms with Crippen LogP contribution in [0.2, 0.25) is 5.02 Å². The second kappa shape index (κ2) is 3.59. The molecule has 0 saturated carbocycles. The number of nitroso groups, excluding NO2 is 1. The van der Waals surface area contributed by atoms with Crippen LogP contribution in [0, 0.1) is 4.91 Å². The van der Waals surface area contributed by atoms with Crippen LogP contribution in [0.4, 0.5) is 0 Å². The van der Waals surface area contributed by atoms with Crippen LogP contribution in [0.25, 0.3) is 0 Å². The van der Waals surface area contributed by atoms with Crippen molar-refractivity contribution in [1.82, 2.24) is 0 Å². The molecule has 0 aliphatic carbocycles. The SMILES string of the molecule is O=NS(=O)c1ccc(Cl)cc1. The second-order valence-corrected chi connectivity index (χ2v) is 3.33. The summed E-state index contributed by atoms with van der Waals surface area (Å²) in [6, 6.07) is 6.11. The topological polar surface area (TPSA) is 46.5 Å². The molecule has 0 fully saturated rings. The van der Waals surface area contributed by atoms with E-state index in [-0.39, 0.29) is 0 Å². The minimum atomic E-state index is -1.79. The molecule has 0 radical (unpaired) electrons. The Kier molecular flexibility index (Phi) is 2.73. The fourth-order valence-corrected chi connectivity index (χ4v) is 1.18. The van der Waals surface area contributed by atoms with Crippen LogP contribution in [-0.2, 0) is 11.0 Å². The number of halogens is 1. The van der Waals surface area contributed by atoms with Crippen molar-refractivity contribution in [3.8, 4) is 0 Å². The van der Waals surface area contributed by atoms with E-state index in [9.17, 15) is 9.12 Å². The van der Waals surface area contributed by atoms with Crippen LogP contribution in [0.3, 0.4) is 0 Å². The Morgan fingerprint density at radius 2 is 1.82 bits per heavy atom. The average molecular weight is 190 g/mol. The Morgan fingerprint density at radius 1 is 1.27 bits per heavy atom. The Labute approximate surface area is 70.9 Å². The Morgan fingerprint density at radius 3 is 2.27 bits per heavy atom. The first kappa shape index (κ1) is 8.36. The van der Waals surface area contributed by atoms with Crippen LogP contribution in [0.1, 0.15) is 0 Å². The molecule has 0 heterocycles. The van der Waals surface area contributed by atoms with E-state index in [1.54, 1.807) is 12.1 Å². The summed E-state index contributed by atoms with van der Waals surface area (Å²) >= 11 is 5.55. The molecule has 1 unspecified atom stereocenters. The van der Waals surface area contributed by atoms with E-state index in [2.05, 4.69) is 4.58 Å². The molecular weight excluding hydrogens is 186 g/mol. The van der Waals surface area contributed by atoms with Gasteiger partial charge >= 0.3 is 0 Å². The molecule has 0 bridgehead atoms. The van der Waals surface area contributed by atoms with Crippen molar-refractivity contribution in [2.24, 2.45) is 4.58 Å². The van der Waals surface area contributed by atoms with Gasteiger partial charge in [0.05, 0.1) is 4.90 Å². The first-order valence-electron chi connectivity index (χ1n) is 2.75. The predicted octanol–water partition coefficient (Wildman–Crippen LogP) is 2.13. The Bertz CT molecular complexity index is 285. The van der Waals surface area contributed by atoms with Crippen molar-refractivity contribution in [3.63, 3.8) is 0 Å². The first-order chi connectivity index (χ1) is 5.24. The fourth-order valence-electron chi connectivity index (χ4n) is 0.594. The number of hydrogen-bond donors (Lipinski definition) is 0. The molecule has 0 amide bonds. The van der Waals surface area contributed by atoms with Crippen molar-refractivity contribution in [2.45, 2.75) is 4.90 Å². The van der Waals surface area contributed by atoms with Gasteiger partial charge in [0.1, 0.15) is 0 Å². The van der Waals surface area contributed by atoms with Crippen LogP contribution in [0.15, 0.2) is 33.7 Å². The van der Waals surface area contributed by atoms with Gasteiger partial charge in [-0.25, -0.2) is 4.21 Å². The van der Waals surface area contributed by atoms with Gasteiger partial charge in [-0.15, -0.1) is 4.91 Å². The van der Waals surface area contributed by atoms with E-state index in [1.165, 1.54) is 12.1 Å². The maximum absolute atomic E-state index is 10.7. The van der Waals surface area contributed by atoms with E-state index in [0.717, 1.165) is 0 Å². The van der Waals surface area contributed by atoms with Crippen molar-refractivity contribution in [3.05, 3.63) is 34.2 Å². The largest absolute Gasteiger partial charge is 0.226 e. The summed E-state index contributed by atoms with van der Waals surface area (Å²) in [7, 11) is -1.79. The molecule has 11 heavy (non-hydrogen) atoms. The van der Waals surface area contributed by atoms with E-state index >= 15 is 0 Å². The van der Waals surface area contributed by atoms with Crippen LogP contribution >= 0.6 is 11.6 Å². The van der Waals surface area contributed by atoms with Crippen LogP contribution in [-0.4, -0.2) is 4.21 Å². The molecule has 58 valence electrons. The molecule has 1 aromatic rings. The van der Waals surface area contributed by atoms with Gasteiger partial charge in [0, 0.05) is 9.60 Å². The molecule has 1 aromatic carbocycles. The zero-order chi connectivity index (χ0) is 8.27. The average Bonchev–Trinajstić information content (AvgIpc) is 2.05. The van der Waals surface area contributed by atoms with Crippen molar-refractivity contribution in [2.75, 3.05) is 0 Å². The van der Waals surface area contributed by atoms with Crippen molar-refractivity contribution >= 4 is 22.6 Å². The predicted molar refractivity (Wildman–Crippen MR) is 43.7 cm³/mol. The molecule has 3 nitrogen and oxygen atoms in total. The molecule has 0 aliphatic heterocycles. The molecule has 0 aromatic heterocycles. The molecule has 0 saturated heterocycles. The number of rotatable bonds is 2. The standard InChI is InChI=1S/C6H4ClNO2S/c7-5-1-3-6(4-2-5)11(10)8-9/h1-4H. The molecular formula is C6H4ClNO2S. The van der Waals surface area contributed by atoms with E-state index in [0.29, 0.717) is 9.92 Å². The van der Waals surface area contributed by atoms with Crippen LogP contribution < -0.4 is 0 Å². The highest BCUT2D eigenvalue weighted by atomic mass is 35.5. The summed E-state index contributed by atoms with van der Waals surface area (Å²) in [5.41, 5.74) is 0. The van der Waals surface area contributed by atoms with E-state index in [1.807, 2.05) is 0 Å². The third kappa shape index (κ3) is 2.10. The number of nitrogens with zero attached hydrogens (tertiary/aromatic N) is 1. The van der Waals surface area contributed by atoms with Crippen molar-refractivity contribution in [1.29, 1.82) is 0 Å². The normalized spacial score (nSPS) is 12.5. The Hall–Kier alpha value is -0.740. The monoisotopic (exact) mass is 189 g/mol. The zero-order valence-electron chi connectivity index (χ0n) is 5.36. The highest BCUT2D eigenvalue weighted by Crippen LogP contribution is 2.12. The Balaban J connectivity index is 2.98. The summed E-state index contributed by atoms with van der Waals surface area (Å²) < 4.78 is 13.1. The summed E-state index contributed by atoms with van der Waals surface area (Å²) in [4.78, 5) is 10.2. The lowest BCUT2D eigenvalue weighted by atomic mass is 10.4. The maximum Gasteiger partial charge on any atom is 0.212 e. The second-order valence-electron chi connectivity index (χ2n) is 1.78. The third-order valence-corrected chi connectivity index (χ3v) is 2.15. The fraction of sp³-hybridized carbons (Fsp3) is 0. The van der Waals surface area contributed by atoms with Gasteiger partial charge in [-0.1, -0.05) is 11.6 Å². The van der Waals surface area contributed by atoms with Gasteiger partial charge in [-0.3, -0.25) is 0 Å². The van der Waals surface area contributed by atoms with Crippen molar-refractivity contribution < 1.29 is 4.21 Å². The lowest BCUT2D eigenvalue weighted by molar-refractivity contribution is 0.684. The molecule has 0 aliphatic rings. The summed E-state index contributed by atoms with van der Waals surface area (Å²) in [5, 5.41) is 0.539. The van der Waals surface area contributed by atoms with E-state index < -0.39 is 11.0 Å². The van der Waals surface area contributed by atoms with E-state index in [4.69, 9.17) is 11.6 Å². The van der Waals surface area contributed by atoms with Gasteiger partial charge in [0.15, 0.2) is 0 Å². The first-order valence-corrected chi connectivity index (χ1v) is 4.23. The summed E-state index contributed by atoms with van der Waals surface area (Å²) in [6.07, 6.45) is 0. The molecule has 0 spiro atoms. The van der Waals surface area contributed by atoms with Gasteiger partial charge in [0.2, 0.25) is 11.0 Å². The minimum Gasteiger partial charge on any atom is -0.226 e. The van der Waals surface area contributed by atoms with Gasteiger partial charge < -0.3 is 0 Å². The van der Waals surface area contributed by atoms with Gasteiger partial charge in [-0.05, 0) is 24.3 Å². The maximum atomic E-state index is 10.7. The number of hydrogen-bond acceptors (Lipinski definition) is 2. The highest BCUT2D eigenvalue weighted by Gasteiger charge is 2.00. The lowest BCUT2D eigenvalue weighted by Crippen LogP contribution is -1.83. The highest BCUT2D eigenvalue weighted by molar-refractivity contribution is 7.83. The van der Waals surface area contributed by atoms with Gasteiger partial charge in [-0.2, -0.15) is 0 Å². The third-order valence-electron chi connectivity index (χ3n) is 1.08. The lowest BCUT2D eigenvalue weighted by Gasteiger charge is -1.91. The quantitative estimate of drug-likeness (QED) is 0.669. The minimum absolute atomic E-state index is 0.365. The van der Waals surface area contributed by atoms with Crippen LogP contribution in [0.5, 0.6) is 0 Å². The molecule has 1 rings (SSSR count). The number of benzene rings is 1. The molecule has 0 N–H and O–H groups in total. The molecule has 1 atom stereocenters. The van der Waals surface area contributed by atoms with Gasteiger partial charge in [0.25, 0.3) is 0 Å².